The van der Waals surface area contributed by atoms with Gasteiger partial charge in [-0.15, -0.1) is 0 Å². The molecule has 1 saturated heterocycles. The number of nitrogens with one attached hydrogen (secondary N) is 1. The lowest BCUT2D eigenvalue weighted by Crippen LogP contribution is -2.19. The standard InChI is InChI=1S/C12H15Cl2NO/c13-9-3-4-12(11(14)8-9)15-10-2-1-6-16-7-5-10/h3-4,8,10,15H,1-2,5-7H2. The third kappa shape index (κ3) is 3.27. The summed E-state index contributed by atoms with van der Waals surface area (Å²) in [5.74, 6) is 0. The Hall–Kier alpha value is -0.440. The van der Waals surface area contributed by atoms with Gasteiger partial charge in [-0.3, -0.25) is 0 Å². The van der Waals surface area contributed by atoms with Gasteiger partial charge in [-0.2, -0.15) is 0 Å². The molecule has 1 aliphatic rings. The van der Waals surface area contributed by atoms with Crippen LogP contribution in [0.4, 0.5) is 5.69 Å². The minimum atomic E-state index is 0.446. The summed E-state index contributed by atoms with van der Waals surface area (Å²) in [4.78, 5) is 0. The van der Waals surface area contributed by atoms with Crippen LogP contribution in [-0.2, 0) is 4.74 Å². The van der Waals surface area contributed by atoms with E-state index in [1.54, 1.807) is 6.07 Å². The number of ether oxygens (including phenoxy) is 1. The van der Waals surface area contributed by atoms with Crippen molar-refractivity contribution in [2.45, 2.75) is 25.3 Å². The molecule has 1 atom stereocenters. The predicted molar refractivity (Wildman–Crippen MR) is 68.5 cm³/mol. The van der Waals surface area contributed by atoms with Crippen LogP contribution in [0.5, 0.6) is 0 Å². The van der Waals surface area contributed by atoms with Crippen molar-refractivity contribution in [2.75, 3.05) is 18.5 Å². The first-order valence-corrected chi connectivity index (χ1v) is 6.30. The van der Waals surface area contributed by atoms with Crippen LogP contribution in [0.15, 0.2) is 18.2 Å². The molecular weight excluding hydrogens is 245 g/mol. The molecule has 0 spiro atoms. The Balaban J connectivity index is 2.01. The van der Waals surface area contributed by atoms with Gasteiger partial charge in [0.05, 0.1) is 10.7 Å². The summed E-state index contributed by atoms with van der Waals surface area (Å²) in [6.07, 6.45) is 3.25. The Bertz CT molecular complexity index is 349. The molecular formula is C12H15Cl2NO. The van der Waals surface area contributed by atoms with E-state index in [9.17, 15) is 0 Å². The van der Waals surface area contributed by atoms with Crippen LogP contribution in [0.1, 0.15) is 19.3 Å². The minimum absolute atomic E-state index is 0.446. The smallest absolute Gasteiger partial charge is 0.0652 e. The zero-order valence-electron chi connectivity index (χ0n) is 9.01. The molecule has 2 rings (SSSR count). The monoisotopic (exact) mass is 259 g/mol. The second-order valence-electron chi connectivity index (χ2n) is 4.01. The van der Waals surface area contributed by atoms with E-state index in [4.69, 9.17) is 27.9 Å². The molecule has 1 heterocycles. The number of hydrogen-bond donors (Lipinski definition) is 1. The van der Waals surface area contributed by atoms with Crippen LogP contribution in [0.3, 0.4) is 0 Å². The van der Waals surface area contributed by atoms with Gasteiger partial charge >= 0.3 is 0 Å². The first kappa shape index (κ1) is 12.0. The molecule has 1 fully saturated rings. The Labute approximate surface area is 106 Å². The molecule has 0 amide bonds. The van der Waals surface area contributed by atoms with Crippen LogP contribution < -0.4 is 5.32 Å². The second-order valence-corrected chi connectivity index (χ2v) is 4.85. The van der Waals surface area contributed by atoms with E-state index in [2.05, 4.69) is 5.32 Å². The number of benzene rings is 1. The lowest BCUT2D eigenvalue weighted by molar-refractivity contribution is 0.144. The molecule has 0 bridgehead atoms. The Morgan fingerprint density at radius 3 is 2.88 bits per heavy atom. The van der Waals surface area contributed by atoms with Gasteiger partial charge in [-0.05, 0) is 37.5 Å². The predicted octanol–water partition coefficient (Wildman–Crippen LogP) is 3.97. The summed E-state index contributed by atoms with van der Waals surface area (Å²) in [5.41, 5.74) is 0.956. The molecule has 0 aliphatic carbocycles. The summed E-state index contributed by atoms with van der Waals surface area (Å²) in [6, 6.07) is 5.99. The van der Waals surface area contributed by atoms with Gasteiger partial charge in [0.15, 0.2) is 0 Å². The normalized spacial score (nSPS) is 21.5. The third-order valence-electron chi connectivity index (χ3n) is 2.74. The molecule has 0 saturated carbocycles. The molecule has 2 nitrogen and oxygen atoms in total. The van der Waals surface area contributed by atoms with E-state index >= 15 is 0 Å². The molecule has 1 aliphatic heterocycles. The fourth-order valence-corrected chi connectivity index (χ4v) is 2.34. The van der Waals surface area contributed by atoms with E-state index in [0.29, 0.717) is 16.1 Å². The first-order valence-electron chi connectivity index (χ1n) is 5.55. The van der Waals surface area contributed by atoms with Crippen LogP contribution in [0.25, 0.3) is 0 Å². The molecule has 88 valence electrons. The van der Waals surface area contributed by atoms with E-state index in [-0.39, 0.29) is 0 Å². The number of halogens is 2. The van der Waals surface area contributed by atoms with Gasteiger partial charge in [0.2, 0.25) is 0 Å². The quantitative estimate of drug-likeness (QED) is 0.868. The van der Waals surface area contributed by atoms with Gasteiger partial charge in [-0.1, -0.05) is 23.2 Å². The third-order valence-corrected chi connectivity index (χ3v) is 3.29. The highest BCUT2D eigenvalue weighted by molar-refractivity contribution is 6.36. The van der Waals surface area contributed by atoms with Crippen LogP contribution in [0.2, 0.25) is 10.0 Å². The maximum atomic E-state index is 6.11. The van der Waals surface area contributed by atoms with Crippen molar-refractivity contribution >= 4 is 28.9 Å². The average molecular weight is 260 g/mol. The topological polar surface area (TPSA) is 21.3 Å². The molecule has 1 aromatic rings. The van der Waals surface area contributed by atoms with E-state index in [0.717, 1.165) is 38.2 Å². The summed E-state index contributed by atoms with van der Waals surface area (Å²) in [7, 11) is 0. The Morgan fingerprint density at radius 1 is 1.19 bits per heavy atom. The van der Waals surface area contributed by atoms with Crippen molar-refractivity contribution in [3.05, 3.63) is 28.2 Å². The zero-order valence-corrected chi connectivity index (χ0v) is 10.5. The Morgan fingerprint density at radius 2 is 2.06 bits per heavy atom. The SMILES string of the molecule is Clc1ccc(NC2CCCOCC2)c(Cl)c1. The van der Waals surface area contributed by atoms with Crippen LogP contribution in [-0.4, -0.2) is 19.3 Å². The van der Waals surface area contributed by atoms with Crippen molar-refractivity contribution in [3.8, 4) is 0 Å². The van der Waals surface area contributed by atoms with Crippen molar-refractivity contribution in [3.63, 3.8) is 0 Å². The Kier molecular flexibility index (Phi) is 4.33. The largest absolute Gasteiger partial charge is 0.381 e. The van der Waals surface area contributed by atoms with Gasteiger partial charge in [0, 0.05) is 24.3 Å². The van der Waals surface area contributed by atoms with Gasteiger partial charge in [0.1, 0.15) is 0 Å². The summed E-state index contributed by atoms with van der Waals surface area (Å²) < 4.78 is 5.42. The summed E-state index contributed by atoms with van der Waals surface area (Å²) in [6.45, 7) is 1.69. The summed E-state index contributed by atoms with van der Waals surface area (Å²) in [5, 5.41) is 4.79. The molecule has 0 aromatic heterocycles. The van der Waals surface area contributed by atoms with E-state index < -0.39 is 0 Å². The van der Waals surface area contributed by atoms with E-state index in [1.165, 1.54) is 0 Å². The lowest BCUT2D eigenvalue weighted by Gasteiger charge is -2.18. The molecule has 1 aromatic carbocycles. The van der Waals surface area contributed by atoms with Crippen molar-refractivity contribution in [1.29, 1.82) is 0 Å². The highest BCUT2D eigenvalue weighted by Crippen LogP contribution is 2.27. The fourth-order valence-electron chi connectivity index (χ4n) is 1.87. The maximum absolute atomic E-state index is 6.11. The van der Waals surface area contributed by atoms with Crippen LogP contribution in [0, 0.1) is 0 Å². The molecule has 4 heteroatoms. The minimum Gasteiger partial charge on any atom is -0.381 e. The maximum Gasteiger partial charge on any atom is 0.0652 e. The molecule has 0 radical (unpaired) electrons. The lowest BCUT2D eigenvalue weighted by atomic mass is 10.1. The number of anilines is 1. The van der Waals surface area contributed by atoms with Crippen molar-refractivity contribution in [1.82, 2.24) is 0 Å². The molecule has 16 heavy (non-hydrogen) atoms. The second kappa shape index (κ2) is 5.76. The highest BCUT2D eigenvalue weighted by atomic mass is 35.5. The number of hydrogen-bond acceptors (Lipinski definition) is 2. The number of rotatable bonds is 2. The van der Waals surface area contributed by atoms with Gasteiger partial charge < -0.3 is 10.1 Å². The van der Waals surface area contributed by atoms with Gasteiger partial charge in [-0.25, -0.2) is 0 Å². The fraction of sp³-hybridized carbons (Fsp3) is 0.500. The molecule has 1 N–H and O–H groups in total. The zero-order chi connectivity index (χ0) is 11.4. The van der Waals surface area contributed by atoms with Gasteiger partial charge in [0.25, 0.3) is 0 Å². The van der Waals surface area contributed by atoms with Crippen LogP contribution >= 0.6 is 23.2 Å². The average Bonchev–Trinajstić information content (AvgIpc) is 2.51. The highest BCUT2D eigenvalue weighted by Gasteiger charge is 2.13. The molecule has 1 unspecified atom stereocenters. The summed E-state index contributed by atoms with van der Waals surface area (Å²) >= 11 is 12.0. The van der Waals surface area contributed by atoms with E-state index in [1.807, 2.05) is 12.1 Å². The van der Waals surface area contributed by atoms with Crippen molar-refractivity contribution in [2.24, 2.45) is 0 Å². The first-order chi connectivity index (χ1) is 7.75. The van der Waals surface area contributed by atoms with Crippen molar-refractivity contribution < 1.29 is 4.74 Å².